The second kappa shape index (κ2) is 7.27. The van der Waals surface area contributed by atoms with Crippen molar-refractivity contribution in [2.75, 3.05) is 19.6 Å². The van der Waals surface area contributed by atoms with E-state index in [2.05, 4.69) is 33.4 Å². The second-order valence-corrected chi connectivity index (χ2v) is 6.71. The topological polar surface area (TPSA) is 69.9 Å². The number of nitrogens with one attached hydrogen (secondary N) is 1. The summed E-state index contributed by atoms with van der Waals surface area (Å²) >= 11 is 0. The van der Waals surface area contributed by atoms with Crippen LogP contribution < -0.4 is 5.32 Å². The first-order chi connectivity index (χ1) is 12.7. The van der Waals surface area contributed by atoms with Crippen molar-refractivity contribution in [3.63, 3.8) is 0 Å². The first kappa shape index (κ1) is 16.8. The first-order valence-electron chi connectivity index (χ1n) is 8.88. The number of hydrogen-bond acceptors (Lipinski definition) is 4. The predicted molar refractivity (Wildman–Crippen MR) is 99.0 cm³/mol. The molecule has 1 aliphatic rings. The molecule has 2 N–H and O–H groups in total. The van der Waals surface area contributed by atoms with E-state index in [0.717, 1.165) is 25.2 Å². The molecule has 6 heteroatoms. The maximum atomic E-state index is 12.3. The van der Waals surface area contributed by atoms with E-state index >= 15 is 0 Å². The van der Waals surface area contributed by atoms with Gasteiger partial charge in [0.25, 0.3) is 5.91 Å². The monoisotopic (exact) mass is 350 g/mol. The van der Waals surface area contributed by atoms with Gasteiger partial charge in [0, 0.05) is 38.6 Å². The van der Waals surface area contributed by atoms with E-state index in [1.807, 2.05) is 30.5 Å². The van der Waals surface area contributed by atoms with E-state index in [0.29, 0.717) is 12.2 Å². The van der Waals surface area contributed by atoms with Crippen LogP contribution in [0.4, 0.5) is 0 Å². The van der Waals surface area contributed by atoms with Crippen LogP contribution in [0.2, 0.25) is 0 Å². The standard InChI is InChI=1S/C20H22N4O2/c25-17(13-23-10-8-15-5-1-2-6-16(15)12-23)11-21-20(26)18-14-24-9-4-3-7-19(24)22-18/h1-7,9,14,17,25H,8,10-13H2,(H,21,26). The van der Waals surface area contributed by atoms with Crippen molar-refractivity contribution in [2.24, 2.45) is 0 Å². The van der Waals surface area contributed by atoms with Crippen LogP contribution in [0.1, 0.15) is 21.6 Å². The molecule has 1 atom stereocenters. The minimum absolute atomic E-state index is 0.213. The molecular weight excluding hydrogens is 328 g/mol. The van der Waals surface area contributed by atoms with Crippen LogP contribution in [0.3, 0.4) is 0 Å². The number of amides is 1. The summed E-state index contributed by atoms with van der Waals surface area (Å²) < 4.78 is 1.80. The zero-order valence-corrected chi connectivity index (χ0v) is 14.5. The molecule has 0 aliphatic carbocycles. The number of pyridine rings is 1. The van der Waals surface area contributed by atoms with Crippen LogP contribution in [0.15, 0.2) is 54.9 Å². The highest BCUT2D eigenvalue weighted by molar-refractivity contribution is 5.92. The molecule has 1 aliphatic heterocycles. The van der Waals surface area contributed by atoms with Crippen LogP contribution in [0.5, 0.6) is 0 Å². The average molecular weight is 350 g/mol. The molecule has 3 heterocycles. The molecule has 1 unspecified atom stereocenters. The van der Waals surface area contributed by atoms with E-state index in [1.54, 1.807) is 10.6 Å². The van der Waals surface area contributed by atoms with E-state index < -0.39 is 6.10 Å². The van der Waals surface area contributed by atoms with Gasteiger partial charge in [0.05, 0.1) is 6.10 Å². The molecule has 0 saturated carbocycles. The summed E-state index contributed by atoms with van der Waals surface area (Å²) in [5, 5.41) is 13.1. The van der Waals surface area contributed by atoms with Gasteiger partial charge in [0.2, 0.25) is 0 Å². The molecule has 4 rings (SSSR count). The van der Waals surface area contributed by atoms with Gasteiger partial charge < -0.3 is 14.8 Å². The Morgan fingerprint density at radius 2 is 2.00 bits per heavy atom. The van der Waals surface area contributed by atoms with Crippen molar-refractivity contribution >= 4 is 11.6 Å². The SMILES string of the molecule is O=C(NCC(O)CN1CCc2ccccc2C1)c1cn2ccccc2n1. The lowest BCUT2D eigenvalue weighted by Crippen LogP contribution is -2.42. The van der Waals surface area contributed by atoms with Gasteiger partial charge in [-0.25, -0.2) is 4.98 Å². The molecule has 0 spiro atoms. The van der Waals surface area contributed by atoms with Gasteiger partial charge in [-0.15, -0.1) is 0 Å². The minimum atomic E-state index is -0.610. The van der Waals surface area contributed by atoms with E-state index in [-0.39, 0.29) is 12.5 Å². The van der Waals surface area contributed by atoms with Gasteiger partial charge in [0.15, 0.2) is 0 Å². The third-order valence-electron chi connectivity index (χ3n) is 4.77. The largest absolute Gasteiger partial charge is 0.390 e. The number of fused-ring (bicyclic) bond motifs is 2. The first-order valence-corrected chi connectivity index (χ1v) is 8.88. The number of rotatable bonds is 5. The third-order valence-corrected chi connectivity index (χ3v) is 4.77. The predicted octanol–water partition coefficient (Wildman–Crippen LogP) is 1.48. The lowest BCUT2D eigenvalue weighted by atomic mass is 10.00. The Bertz CT molecular complexity index is 888. The molecule has 26 heavy (non-hydrogen) atoms. The van der Waals surface area contributed by atoms with E-state index in [4.69, 9.17) is 0 Å². The van der Waals surface area contributed by atoms with Crippen molar-refractivity contribution in [3.05, 3.63) is 71.7 Å². The lowest BCUT2D eigenvalue weighted by molar-refractivity contribution is 0.0838. The molecule has 0 bridgehead atoms. The molecule has 3 aromatic rings. The quantitative estimate of drug-likeness (QED) is 0.731. The number of imidazole rings is 1. The third kappa shape index (κ3) is 3.61. The number of aromatic nitrogens is 2. The maximum absolute atomic E-state index is 12.3. The van der Waals surface area contributed by atoms with Crippen LogP contribution in [-0.2, 0) is 13.0 Å². The molecule has 1 amide bonds. The molecular formula is C20H22N4O2. The molecule has 0 saturated heterocycles. The number of benzene rings is 1. The Morgan fingerprint density at radius 3 is 2.85 bits per heavy atom. The van der Waals surface area contributed by atoms with Crippen molar-refractivity contribution in [3.8, 4) is 0 Å². The molecule has 134 valence electrons. The fourth-order valence-corrected chi connectivity index (χ4v) is 3.42. The summed E-state index contributed by atoms with van der Waals surface area (Å²) in [4.78, 5) is 18.8. The summed E-state index contributed by atoms with van der Waals surface area (Å²) in [6, 6.07) is 14.0. The molecule has 6 nitrogen and oxygen atoms in total. The Morgan fingerprint density at radius 1 is 1.19 bits per heavy atom. The number of carbonyl (C=O) groups excluding carboxylic acids is 1. The van der Waals surface area contributed by atoms with Crippen molar-refractivity contribution in [2.45, 2.75) is 19.1 Å². The fourth-order valence-electron chi connectivity index (χ4n) is 3.42. The van der Waals surface area contributed by atoms with Gasteiger partial charge in [-0.1, -0.05) is 30.3 Å². The number of hydrogen-bond donors (Lipinski definition) is 2. The highest BCUT2D eigenvalue weighted by Crippen LogP contribution is 2.18. The summed E-state index contributed by atoms with van der Waals surface area (Å²) in [5.41, 5.74) is 3.79. The smallest absolute Gasteiger partial charge is 0.271 e. The van der Waals surface area contributed by atoms with Crippen LogP contribution in [-0.4, -0.2) is 51.0 Å². The van der Waals surface area contributed by atoms with Gasteiger partial charge in [-0.3, -0.25) is 9.69 Å². The number of carbonyl (C=O) groups is 1. The van der Waals surface area contributed by atoms with Gasteiger partial charge in [-0.05, 0) is 29.7 Å². The summed E-state index contributed by atoms with van der Waals surface area (Å²) in [6.07, 6.45) is 3.93. The van der Waals surface area contributed by atoms with Crippen molar-refractivity contribution < 1.29 is 9.90 Å². The Balaban J connectivity index is 1.30. The van der Waals surface area contributed by atoms with E-state index in [9.17, 15) is 9.90 Å². The zero-order valence-electron chi connectivity index (χ0n) is 14.5. The van der Waals surface area contributed by atoms with Gasteiger partial charge >= 0.3 is 0 Å². The highest BCUT2D eigenvalue weighted by Gasteiger charge is 2.19. The van der Waals surface area contributed by atoms with Crippen molar-refractivity contribution in [1.82, 2.24) is 19.6 Å². The summed E-state index contributed by atoms with van der Waals surface area (Å²) in [5.74, 6) is -0.267. The number of β-amino-alcohol motifs (C(OH)–C–C–N with tert-alkyl or cyclic N) is 1. The number of aliphatic hydroxyl groups excluding tert-OH is 1. The fraction of sp³-hybridized carbons (Fsp3) is 0.300. The number of aliphatic hydroxyl groups is 1. The second-order valence-electron chi connectivity index (χ2n) is 6.71. The Kier molecular flexibility index (Phi) is 4.69. The molecule has 1 aromatic carbocycles. The minimum Gasteiger partial charge on any atom is -0.390 e. The van der Waals surface area contributed by atoms with Gasteiger partial charge in [0.1, 0.15) is 11.3 Å². The highest BCUT2D eigenvalue weighted by atomic mass is 16.3. The summed E-state index contributed by atoms with van der Waals surface area (Å²) in [7, 11) is 0. The molecule has 2 aromatic heterocycles. The van der Waals surface area contributed by atoms with Crippen LogP contribution in [0.25, 0.3) is 5.65 Å². The van der Waals surface area contributed by atoms with Crippen LogP contribution >= 0.6 is 0 Å². The molecule has 0 fully saturated rings. The zero-order chi connectivity index (χ0) is 17.9. The number of nitrogens with zero attached hydrogens (tertiary/aromatic N) is 3. The lowest BCUT2D eigenvalue weighted by Gasteiger charge is -2.30. The maximum Gasteiger partial charge on any atom is 0.271 e. The molecule has 0 radical (unpaired) electrons. The average Bonchev–Trinajstić information content (AvgIpc) is 3.10. The normalized spacial score (nSPS) is 15.6. The summed E-state index contributed by atoms with van der Waals surface area (Å²) in [6.45, 7) is 2.52. The van der Waals surface area contributed by atoms with Gasteiger partial charge in [-0.2, -0.15) is 0 Å². The Hall–Kier alpha value is -2.70. The Labute approximate surface area is 152 Å². The van der Waals surface area contributed by atoms with Crippen LogP contribution in [0, 0.1) is 0 Å². The van der Waals surface area contributed by atoms with Crippen molar-refractivity contribution in [1.29, 1.82) is 0 Å². The van der Waals surface area contributed by atoms with E-state index in [1.165, 1.54) is 11.1 Å².